The highest BCUT2D eigenvalue weighted by Crippen LogP contribution is 2.36. The number of thiophene rings is 1. The van der Waals surface area contributed by atoms with Gasteiger partial charge in [0, 0.05) is 29.4 Å². The van der Waals surface area contributed by atoms with Crippen molar-refractivity contribution >= 4 is 17.2 Å². The molecule has 0 radical (unpaired) electrons. The summed E-state index contributed by atoms with van der Waals surface area (Å²) in [5.41, 5.74) is 1.12. The lowest BCUT2D eigenvalue weighted by atomic mass is 9.97. The van der Waals surface area contributed by atoms with Crippen molar-refractivity contribution in [2.75, 3.05) is 27.3 Å². The summed E-state index contributed by atoms with van der Waals surface area (Å²) in [5, 5.41) is 2.01. The Bertz CT molecular complexity index is 669. The highest BCUT2D eigenvalue weighted by atomic mass is 32.1. The monoisotopic (exact) mass is 331 g/mol. The van der Waals surface area contributed by atoms with Gasteiger partial charge >= 0.3 is 0 Å². The number of ether oxygens (including phenoxy) is 2. The quantitative estimate of drug-likeness (QED) is 0.843. The number of carbonyl (C=O) groups is 1. The average molecular weight is 331 g/mol. The summed E-state index contributed by atoms with van der Waals surface area (Å²) < 4.78 is 10.8. The number of nitrogens with zero attached hydrogens (tertiary/aromatic N) is 1. The summed E-state index contributed by atoms with van der Waals surface area (Å²) in [4.78, 5) is 15.5. The maximum Gasteiger partial charge on any atom is 0.227 e. The number of likely N-dealkylation sites (tertiary alicyclic amines) is 1. The molecule has 1 unspecified atom stereocenters. The second-order valence-corrected chi connectivity index (χ2v) is 6.72. The van der Waals surface area contributed by atoms with Crippen LogP contribution in [0, 0.1) is 0 Å². The van der Waals surface area contributed by atoms with E-state index in [9.17, 15) is 4.79 Å². The molecule has 1 aromatic carbocycles. The topological polar surface area (TPSA) is 38.8 Å². The molecule has 2 heterocycles. The van der Waals surface area contributed by atoms with Crippen molar-refractivity contribution in [3.05, 3.63) is 46.2 Å². The Morgan fingerprint density at radius 3 is 2.87 bits per heavy atom. The van der Waals surface area contributed by atoms with Crippen LogP contribution in [0.4, 0.5) is 0 Å². The van der Waals surface area contributed by atoms with E-state index in [1.54, 1.807) is 25.6 Å². The number of hydrogen-bond acceptors (Lipinski definition) is 4. The Morgan fingerprint density at radius 1 is 1.30 bits per heavy atom. The van der Waals surface area contributed by atoms with E-state index in [0.29, 0.717) is 12.3 Å². The first-order valence-electron chi connectivity index (χ1n) is 7.73. The van der Waals surface area contributed by atoms with Crippen LogP contribution in [0.25, 0.3) is 0 Å². The maximum atomic E-state index is 12.4. The molecule has 2 aromatic rings. The number of rotatable bonds is 5. The summed E-state index contributed by atoms with van der Waals surface area (Å²) in [6.07, 6.45) is 1.46. The zero-order valence-corrected chi connectivity index (χ0v) is 14.3. The second kappa shape index (κ2) is 7.04. The van der Waals surface area contributed by atoms with Crippen molar-refractivity contribution in [2.24, 2.45) is 0 Å². The molecular weight excluding hydrogens is 310 g/mol. The Morgan fingerprint density at radius 2 is 2.17 bits per heavy atom. The van der Waals surface area contributed by atoms with Gasteiger partial charge in [-0.05, 0) is 36.1 Å². The van der Waals surface area contributed by atoms with Crippen LogP contribution in [0.5, 0.6) is 11.5 Å². The van der Waals surface area contributed by atoms with Gasteiger partial charge in [-0.15, -0.1) is 11.3 Å². The molecule has 0 saturated carbocycles. The van der Waals surface area contributed by atoms with Crippen LogP contribution in [0.3, 0.4) is 0 Å². The van der Waals surface area contributed by atoms with E-state index in [4.69, 9.17) is 9.47 Å². The lowest BCUT2D eigenvalue weighted by molar-refractivity contribution is -0.129. The van der Waals surface area contributed by atoms with Crippen molar-refractivity contribution in [1.29, 1.82) is 0 Å². The number of hydrogen-bond donors (Lipinski definition) is 0. The minimum absolute atomic E-state index is 0.205. The second-order valence-electron chi connectivity index (χ2n) is 5.69. The van der Waals surface area contributed by atoms with Gasteiger partial charge in [-0.2, -0.15) is 0 Å². The zero-order valence-electron chi connectivity index (χ0n) is 13.5. The number of methoxy groups -OCH3 is 2. The summed E-state index contributed by atoms with van der Waals surface area (Å²) in [6, 6.07) is 9.86. The molecule has 1 amide bonds. The fourth-order valence-electron chi connectivity index (χ4n) is 3.07. The van der Waals surface area contributed by atoms with Crippen molar-refractivity contribution in [3.63, 3.8) is 0 Å². The number of benzene rings is 1. The van der Waals surface area contributed by atoms with Crippen LogP contribution in [0.15, 0.2) is 35.7 Å². The predicted molar refractivity (Wildman–Crippen MR) is 91.5 cm³/mol. The van der Waals surface area contributed by atoms with E-state index in [-0.39, 0.29) is 5.91 Å². The van der Waals surface area contributed by atoms with Gasteiger partial charge in [-0.1, -0.05) is 6.07 Å². The minimum atomic E-state index is 0.205. The van der Waals surface area contributed by atoms with Crippen LogP contribution in [-0.2, 0) is 11.2 Å². The van der Waals surface area contributed by atoms with Crippen LogP contribution in [0.1, 0.15) is 22.8 Å². The average Bonchev–Trinajstić information content (AvgIpc) is 3.25. The van der Waals surface area contributed by atoms with Crippen molar-refractivity contribution in [2.45, 2.75) is 18.8 Å². The van der Waals surface area contributed by atoms with E-state index in [1.165, 1.54) is 0 Å². The molecule has 1 aliphatic rings. The lowest BCUT2D eigenvalue weighted by Crippen LogP contribution is -2.29. The molecule has 0 aliphatic carbocycles. The third kappa shape index (κ3) is 3.50. The molecule has 3 rings (SSSR count). The first kappa shape index (κ1) is 15.9. The first-order valence-corrected chi connectivity index (χ1v) is 8.61. The largest absolute Gasteiger partial charge is 0.497 e. The minimum Gasteiger partial charge on any atom is -0.497 e. The molecule has 1 fully saturated rings. The van der Waals surface area contributed by atoms with Crippen LogP contribution >= 0.6 is 11.3 Å². The zero-order chi connectivity index (χ0) is 16.2. The summed E-state index contributed by atoms with van der Waals surface area (Å²) in [7, 11) is 3.34. The fourth-order valence-corrected chi connectivity index (χ4v) is 3.77. The van der Waals surface area contributed by atoms with Gasteiger partial charge in [0.25, 0.3) is 0 Å². The molecule has 23 heavy (non-hydrogen) atoms. The van der Waals surface area contributed by atoms with Crippen LogP contribution in [0.2, 0.25) is 0 Å². The molecule has 1 atom stereocenters. The molecule has 122 valence electrons. The summed E-state index contributed by atoms with van der Waals surface area (Å²) >= 11 is 1.63. The molecule has 1 saturated heterocycles. The Balaban J connectivity index is 1.71. The van der Waals surface area contributed by atoms with E-state index >= 15 is 0 Å². The van der Waals surface area contributed by atoms with Gasteiger partial charge < -0.3 is 14.4 Å². The van der Waals surface area contributed by atoms with E-state index in [0.717, 1.165) is 41.4 Å². The standard InChI is InChI=1S/C18H21NO3S/c1-21-14-5-6-17(22-2)16(10-14)13-7-8-19(12-13)18(20)11-15-4-3-9-23-15/h3-6,9-10,13H,7-8,11-12H2,1-2H3. The van der Waals surface area contributed by atoms with Gasteiger partial charge in [-0.3, -0.25) is 4.79 Å². The van der Waals surface area contributed by atoms with Crippen molar-refractivity contribution in [3.8, 4) is 11.5 Å². The fraction of sp³-hybridized carbons (Fsp3) is 0.389. The van der Waals surface area contributed by atoms with E-state index in [2.05, 4.69) is 0 Å². The Labute approximate surface area is 140 Å². The molecular formula is C18H21NO3S. The van der Waals surface area contributed by atoms with Crippen LogP contribution < -0.4 is 9.47 Å². The van der Waals surface area contributed by atoms with Crippen LogP contribution in [-0.4, -0.2) is 38.1 Å². The molecule has 4 nitrogen and oxygen atoms in total. The smallest absolute Gasteiger partial charge is 0.227 e. The predicted octanol–water partition coefficient (Wildman–Crippen LogP) is 3.32. The molecule has 0 N–H and O–H groups in total. The van der Waals surface area contributed by atoms with Gasteiger partial charge in [0.2, 0.25) is 5.91 Å². The summed E-state index contributed by atoms with van der Waals surface area (Å²) in [6.45, 7) is 1.54. The molecule has 0 bridgehead atoms. The SMILES string of the molecule is COc1ccc(OC)c(C2CCN(C(=O)Cc3cccs3)C2)c1. The Kier molecular flexibility index (Phi) is 4.86. The summed E-state index contributed by atoms with van der Waals surface area (Å²) in [5.74, 6) is 2.19. The van der Waals surface area contributed by atoms with Gasteiger partial charge in [0.1, 0.15) is 11.5 Å². The van der Waals surface area contributed by atoms with Gasteiger partial charge in [0.05, 0.1) is 20.6 Å². The molecule has 0 spiro atoms. The first-order chi connectivity index (χ1) is 11.2. The number of carbonyl (C=O) groups excluding carboxylic acids is 1. The van der Waals surface area contributed by atoms with Crippen molar-refractivity contribution in [1.82, 2.24) is 4.90 Å². The maximum absolute atomic E-state index is 12.4. The van der Waals surface area contributed by atoms with Gasteiger partial charge in [0.15, 0.2) is 0 Å². The highest BCUT2D eigenvalue weighted by molar-refractivity contribution is 7.10. The molecule has 5 heteroatoms. The molecule has 1 aliphatic heterocycles. The van der Waals surface area contributed by atoms with E-state index in [1.807, 2.05) is 40.6 Å². The van der Waals surface area contributed by atoms with Crippen molar-refractivity contribution < 1.29 is 14.3 Å². The lowest BCUT2D eigenvalue weighted by Gasteiger charge is -2.18. The normalized spacial score (nSPS) is 17.3. The van der Waals surface area contributed by atoms with Gasteiger partial charge in [-0.25, -0.2) is 0 Å². The molecule has 1 aromatic heterocycles. The third-order valence-electron chi connectivity index (χ3n) is 4.32. The Hall–Kier alpha value is -2.01. The number of amides is 1. The highest BCUT2D eigenvalue weighted by Gasteiger charge is 2.29. The van der Waals surface area contributed by atoms with E-state index < -0.39 is 0 Å². The third-order valence-corrected chi connectivity index (χ3v) is 5.20.